The summed E-state index contributed by atoms with van der Waals surface area (Å²) in [6, 6.07) is 27.2. The Morgan fingerprint density at radius 3 is 2.29 bits per heavy atom. The molecule has 5 rings (SSSR count). The number of hydrazone groups is 1. The summed E-state index contributed by atoms with van der Waals surface area (Å²) in [5.41, 5.74) is 7.41. The average Bonchev–Trinajstić information content (AvgIpc) is 3.25. The summed E-state index contributed by atoms with van der Waals surface area (Å²) in [5, 5.41) is 16.1. The molecule has 4 aromatic rings. The van der Waals surface area contributed by atoms with Crippen LogP contribution in [-0.2, 0) is 13.1 Å². The lowest BCUT2D eigenvalue weighted by atomic mass is 10.0. The highest BCUT2D eigenvalue weighted by molar-refractivity contribution is 6.03. The molecule has 0 radical (unpaired) electrons. The average molecular weight is 407 g/mol. The lowest BCUT2D eigenvalue weighted by molar-refractivity contribution is 0.0955. The molecule has 0 unspecified atom stereocenters. The van der Waals surface area contributed by atoms with Crippen molar-refractivity contribution in [3.8, 4) is 5.75 Å². The lowest BCUT2D eigenvalue weighted by Gasteiger charge is -2.17. The van der Waals surface area contributed by atoms with Crippen molar-refractivity contribution in [3.63, 3.8) is 0 Å². The first-order valence-electron chi connectivity index (χ1n) is 10.1. The van der Waals surface area contributed by atoms with Crippen LogP contribution in [0, 0.1) is 0 Å². The summed E-state index contributed by atoms with van der Waals surface area (Å²) in [4.78, 5) is 14.8. The molecule has 0 saturated carbocycles. The molecule has 0 atom stereocenters. The third-order valence-electron chi connectivity index (χ3n) is 5.64. The Kier molecular flexibility index (Phi) is 4.84. The first-order valence-corrected chi connectivity index (χ1v) is 10.1. The number of benzene rings is 4. The van der Waals surface area contributed by atoms with E-state index in [1.54, 1.807) is 18.2 Å². The summed E-state index contributed by atoms with van der Waals surface area (Å²) < 4.78 is 0. The zero-order valence-electron chi connectivity index (χ0n) is 16.8. The second-order valence-electron chi connectivity index (χ2n) is 7.59. The van der Waals surface area contributed by atoms with Gasteiger partial charge in [0.15, 0.2) is 0 Å². The van der Waals surface area contributed by atoms with Crippen LogP contribution in [0.3, 0.4) is 0 Å². The number of phenols is 1. The van der Waals surface area contributed by atoms with Gasteiger partial charge in [0.2, 0.25) is 0 Å². The number of phenolic OH excluding ortho intramolecular Hbond substituents is 1. The van der Waals surface area contributed by atoms with Crippen molar-refractivity contribution in [1.29, 1.82) is 0 Å². The zero-order valence-corrected chi connectivity index (χ0v) is 16.8. The molecule has 31 heavy (non-hydrogen) atoms. The van der Waals surface area contributed by atoms with Crippen molar-refractivity contribution >= 4 is 28.6 Å². The number of hydrogen-bond acceptors (Lipinski definition) is 4. The molecular weight excluding hydrogens is 386 g/mol. The highest BCUT2D eigenvalue weighted by Crippen LogP contribution is 2.28. The second-order valence-corrected chi connectivity index (χ2v) is 7.59. The Labute approximate surface area is 180 Å². The minimum atomic E-state index is -0.299. The minimum Gasteiger partial charge on any atom is -0.507 e. The molecule has 0 spiro atoms. The number of amides is 1. The fraction of sp³-hybridized carbons (Fsp3) is 0.0769. The van der Waals surface area contributed by atoms with Gasteiger partial charge in [-0.15, -0.1) is 0 Å². The molecule has 4 aromatic carbocycles. The van der Waals surface area contributed by atoms with E-state index in [2.05, 4.69) is 39.7 Å². The van der Waals surface area contributed by atoms with E-state index in [-0.39, 0.29) is 11.7 Å². The number of anilines is 1. The topological polar surface area (TPSA) is 64.9 Å². The van der Waals surface area contributed by atoms with E-state index in [0.717, 1.165) is 29.5 Å². The number of carbonyl (C=O) groups excluding carboxylic acids is 1. The van der Waals surface area contributed by atoms with E-state index in [4.69, 9.17) is 0 Å². The lowest BCUT2D eigenvalue weighted by Crippen LogP contribution is -2.18. The van der Waals surface area contributed by atoms with Gasteiger partial charge in [0, 0.05) is 29.9 Å². The van der Waals surface area contributed by atoms with E-state index < -0.39 is 0 Å². The minimum absolute atomic E-state index is 0.118. The van der Waals surface area contributed by atoms with Crippen molar-refractivity contribution in [2.75, 3.05) is 4.90 Å². The van der Waals surface area contributed by atoms with Gasteiger partial charge < -0.3 is 10.0 Å². The highest BCUT2D eigenvalue weighted by atomic mass is 16.3. The van der Waals surface area contributed by atoms with Crippen molar-refractivity contribution in [2.24, 2.45) is 5.10 Å². The number of nitrogens with one attached hydrogen (secondary N) is 1. The Hall–Kier alpha value is -4.12. The molecule has 1 heterocycles. The third kappa shape index (κ3) is 3.73. The molecule has 0 bridgehead atoms. The summed E-state index contributed by atoms with van der Waals surface area (Å²) >= 11 is 0. The van der Waals surface area contributed by atoms with Gasteiger partial charge in [-0.25, -0.2) is 5.43 Å². The molecule has 0 fully saturated rings. The Balaban J connectivity index is 1.27. The number of hydrogen-bond donors (Lipinski definition) is 2. The maximum atomic E-state index is 12.5. The van der Waals surface area contributed by atoms with Crippen LogP contribution in [0.4, 0.5) is 5.69 Å². The zero-order chi connectivity index (χ0) is 21.2. The van der Waals surface area contributed by atoms with Crippen LogP contribution in [0.1, 0.15) is 27.0 Å². The van der Waals surface area contributed by atoms with E-state index in [9.17, 15) is 9.90 Å². The summed E-state index contributed by atoms with van der Waals surface area (Å²) in [6.45, 7) is 1.75. The first kappa shape index (κ1) is 18.9. The molecule has 1 amide bonds. The van der Waals surface area contributed by atoms with Crippen molar-refractivity contribution in [2.45, 2.75) is 13.1 Å². The van der Waals surface area contributed by atoms with Gasteiger partial charge in [-0.05, 0) is 52.2 Å². The van der Waals surface area contributed by atoms with Gasteiger partial charge in [-0.2, -0.15) is 5.10 Å². The van der Waals surface area contributed by atoms with Crippen LogP contribution < -0.4 is 10.3 Å². The van der Waals surface area contributed by atoms with E-state index in [0.29, 0.717) is 11.1 Å². The Morgan fingerprint density at radius 1 is 0.871 bits per heavy atom. The fourth-order valence-electron chi connectivity index (χ4n) is 3.98. The van der Waals surface area contributed by atoms with E-state index in [1.165, 1.54) is 17.3 Å². The molecular formula is C26H21N3O2. The number of fused-ring (bicyclic) bond motifs is 2. The summed E-state index contributed by atoms with van der Waals surface area (Å²) in [6.07, 6.45) is 1.48. The fourth-order valence-corrected chi connectivity index (χ4v) is 3.98. The maximum Gasteiger partial charge on any atom is 0.271 e. The van der Waals surface area contributed by atoms with Crippen LogP contribution in [0.15, 0.2) is 90.0 Å². The normalized spacial score (nSPS) is 13.0. The van der Waals surface area contributed by atoms with Crippen molar-refractivity contribution in [3.05, 3.63) is 107 Å². The van der Waals surface area contributed by atoms with Crippen LogP contribution in [0.2, 0.25) is 0 Å². The largest absolute Gasteiger partial charge is 0.507 e. The Morgan fingerprint density at radius 2 is 1.55 bits per heavy atom. The van der Waals surface area contributed by atoms with Gasteiger partial charge in [-0.3, -0.25) is 4.79 Å². The number of nitrogens with zero attached hydrogens (tertiary/aromatic N) is 2. The highest BCUT2D eigenvalue weighted by Gasteiger charge is 2.18. The Bertz CT molecular complexity index is 1270. The molecule has 5 nitrogen and oxygen atoms in total. The van der Waals surface area contributed by atoms with Gasteiger partial charge in [0.25, 0.3) is 5.91 Å². The van der Waals surface area contributed by atoms with Crippen LogP contribution >= 0.6 is 0 Å². The number of rotatable bonds is 4. The van der Waals surface area contributed by atoms with Gasteiger partial charge >= 0.3 is 0 Å². The maximum absolute atomic E-state index is 12.5. The van der Waals surface area contributed by atoms with Crippen molar-refractivity contribution in [1.82, 2.24) is 5.43 Å². The predicted octanol–water partition coefficient (Wildman–Crippen LogP) is 4.83. The first-order chi connectivity index (χ1) is 15.2. The number of carbonyl (C=O) groups is 1. The molecule has 0 saturated heterocycles. The predicted molar refractivity (Wildman–Crippen MR) is 123 cm³/mol. The van der Waals surface area contributed by atoms with Crippen LogP contribution in [0.25, 0.3) is 10.8 Å². The molecule has 5 heteroatoms. The molecule has 1 aliphatic heterocycles. The van der Waals surface area contributed by atoms with E-state index in [1.807, 2.05) is 42.5 Å². The summed E-state index contributed by atoms with van der Waals surface area (Å²) in [7, 11) is 0. The molecule has 2 N–H and O–H groups in total. The molecule has 1 aliphatic rings. The summed E-state index contributed by atoms with van der Waals surface area (Å²) in [5.74, 6) is -0.181. The van der Waals surface area contributed by atoms with Gasteiger partial charge in [0.1, 0.15) is 5.75 Å². The third-order valence-corrected chi connectivity index (χ3v) is 5.64. The van der Waals surface area contributed by atoms with Crippen molar-refractivity contribution < 1.29 is 9.90 Å². The van der Waals surface area contributed by atoms with Crippen LogP contribution in [0.5, 0.6) is 5.75 Å². The van der Waals surface area contributed by atoms with Gasteiger partial charge in [0.05, 0.1) is 6.21 Å². The quantitative estimate of drug-likeness (QED) is 0.376. The van der Waals surface area contributed by atoms with Gasteiger partial charge in [-0.1, -0.05) is 54.6 Å². The number of aromatic hydroxyl groups is 1. The SMILES string of the molecule is O=C(N/N=C\c1c(O)ccc2ccccc12)c1ccc(N2Cc3ccccc3C2)cc1. The second kappa shape index (κ2) is 7.95. The monoisotopic (exact) mass is 407 g/mol. The molecule has 152 valence electrons. The standard InChI is InChI=1S/C26H21N3O2/c30-25-14-11-18-5-3-4-8-23(18)24(25)15-27-28-26(31)19-9-12-22(13-10-19)29-16-20-6-1-2-7-21(20)17-29/h1-15,30H,16-17H2,(H,28,31)/b27-15-. The smallest absolute Gasteiger partial charge is 0.271 e. The van der Waals surface area contributed by atoms with Crippen LogP contribution in [-0.4, -0.2) is 17.2 Å². The molecule has 0 aromatic heterocycles. The van der Waals surface area contributed by atoms with E-state index >= 15 is 0 Å². The molecule has 0 aliphatic carbocycles.